The average molecular weight is 311 g/mol. The third-order valence-corrected chi connectivity index (χ3v) is 4.68. The first-order valence-corrected chi connectivity index (χ1v) is 8.23. The second-order valence-electron chi connectivity index (χ2n) is 6.21. The normalized spacial score (nSPS) is 13.9. The molecule has 1 aliphatic rings. The average Bonchev–Trinajstić information content (AvgIpc) is 2.98. The molecule has 3 heteroatoms. The van der Waals surface area contributed by atoms with Crippen molar-refractivity contribution in [3.05, 3.63) is 58.7 Å². The Hall–Kier alpha value is -2.00. The second-order valence-corrected chi connectivity index (χ2v) is 6.21. The van der Waals surface area contributed by atoms with Gasteiger partial charge in [0.2, 0.25) is 0 Å². The van der Waals surface area contributed by atoms with Gasteiger partial charge in [0, 0.05) is 6.04 Å². The summed E-state index contributed by atoms with van der Waals surface area (Å²) in [5, 5.41) is 3.68. The molecule has 0 aromatic heterocycles. The summed E-state index contributed by atoms with van der Waals surface area (Å²) in [5.41, 5.74) is 5.27. The third-order valence-electron chi connectivity index (χ3n) is 4.68. The smallest absolute Gasteiger partial charge is 0.122 e. The zero-order valence-electron chi connectivity index (χ0n) is 14.2. The number of nitrogens with one attached hydrogen (secondary N) is 1. The van der Waals surface area contributed by atoms with Gasteiger partial charge < -0.3 is 14.8 Å². The van der Waals surface area contributed by atoms with Gasteiger partial charge in [0.1, 0.15) is 11.5 Å². The summed E-state index contributed by atoms with van der Waals surface area (Å²) >= 11 is 0. The lowest BCUT2D eigenvalue weighted by atomic mass is 10.1. The molecule has 2 aromatic rings. The first kappa shape index (κ1) is 15.9. The van der Waals surface area contributed by atoms with E-state index in [4.69, 9.17) is 9.47 Å². The van der Waals surface area contributed by atoms with Gasteiger partial charge in [-0.1, -0.05) is 24.3 Å². The number of fused-ring (bicyclic) bond motifs is 1. The van der Waals surface area contributed by atoms with Crippen LogP contribution in [0.2, 0.25) is 0 Å². The van der Waals surface area contributed by atoms with E-state index in [9.17, 15) is 0 Å². The number of hydrogen-bond acceptors (Lipinski definition) is 3. The van der Waals surface area contributed by atoms with Gasteiger partial charge in [0.05, 0.1) is 14.2 Å². The second kappa shape index (κ2) is 7.05. The number of methoxy groups -OCH3 is 2. The van der Waals surface area contributed by atoms with Crippen molar-refractivity contribution in [2.24, 2.45) is 0 Å². The van der Waals surface area contributed by atoms with Crippen LogP contribution in [0, 0.1) is 6.92 Å². The quantitative estimate of drug-likeness (QED) is 0.888. The molecule has 1 N–H and O–H groups in total. The first-order valence-electron chi connectivity index (χ1n) is 8.23. The van der Waals surface area contributed by atoms with E-state index in [0.29, 0.717) is 6.04 Å². The highest BCUT2D eigenvalue weighted by atomic mass is 16.5. The van der Waals surface area contributed by atoms with Gasteiger partial charge in [-0.15, -0.1) is 0 Å². The molecule has 3 rings (SSSR count). The highest BCUT2D eigenvalue weighted by Gasteiger charge is 2.20. The molecule has 0 fully saturated rings. The Labute approximate surface area is 138 Å². The Balaban J connectivity index is 1.59. The molecule has 0 radical (unpaired) electrons. The van der Waals surface area contributed by atoms with Gasteiger partial charge in [-0.2, -0.15) is 0 Å². The van der Waals surface area contributed by atoms with Crippen molar-refractivity contribution in [1.82, 2.24) is 5.32 Å². The van der Waals surface area contributed by atoms with Crippen LogP contribution in [0.25, 0.3) is 0 Å². The minimum atomic E-state index is 0.547. The van der Waals surface area contributed by atoms with E-state index in [-0.39, 0.29) is 0 Å². The Morgan fingerprint density at radius 3 is 2.26 bits per heavy atom. The molecule has 3 nitrogen and oxygen atoms in total. The predicted octanol–water partition coefficient (Wildman–Crippen LogP) is 3.31. The van der Waals surface area contributed by atoms with E-state index in [1.807, 2.05) is 6.92 Å². The van der Waals surface area contributed by atoms with Crippen molar-refractivity contribution < 1.29 is 9.47 Å². The van der Waals surface area contributed by atoms with Crippen LogP contribution in [0.1, 0.15) is 22.3 Å². The largest absolute Gasteiger partial charge is 0.496 e. The minimum Gasteiger partial charge on any atom is -0.496 e. The molecule has 0 atom stereocenters. The van der Waals surface area contributed by atoms with Crippen molar-refractivity contribution in [3.63, 3.8) is 0 Å². The Morgan fingerprint density at radius 2 is 1.65 bits per heavy atom. The van der Waals surface area contributed by atoms with Crippen LogP contribution in [0.5, 0.6) is 11.5 Å². The molecule has 0 heterocycles. The van der Waals surface area contributed by atoms with Gasteiger partial charge in [0.25, 0.3) is 0 Å². The summed E-state index contributed by atoms with van der Waals surface area (Å²) < 4.78 is 10.9. The highest BCUT2D eigenvalue weighted by molar-refractivity contribution is 5.46. The molecule has 122 valence electrons. The van der Waals surface area contributed by atoms with E-state index >= 15 is 0 Å². The lowest BCUT2D eigenvalue weighted by Crippen LogP contribution is -2.31. The number of aryl methyl sites for hydroxylation is 1. The molecule has 0 bridgehead atoms. The lowest BCUT2D eigenvalue weighted by Gasteiger charge is -2.15. The number of hydrogen-bond donors (Lipinski definition) is 1. The molecular weight excluding hydrogens is 286 g/mol. The molecule has 0 saturated heterocycles. The van der Waals surface area contributed by atoms with Crippen LogP contribution in [0.4, 0.5) is 0 Å². The van der Waals surface area contributed by atoms with Crippen LogP contribution in [-0.2, 0) is 19.3 Å². The standard InChI is InChI=1S/C20H25NO2/c1-14-10-20(23-3)17(13-19(14)22-2)8-9-21-18-11-15-6-4-5-7-16(15)12-18/h4-7,10,13,18,21H,8-9,11-12H2,1-3H3. The molecule has 23 heavy (non-hydrogen) atoms. The Kier molecular flexibility index (Phi) is 4.87. The molecule has 0 aliphatic heterocycles. The maximum Gasteiger partial charge on any atom is 0.122 e. The van der Waals surface area contributed by atoms with E-state index in [1.165, 1.54) is 16.7 Å². The molecule has 0 amide bonds. The summed E-state index contributed by atoms with van der Waals surface area (Å²) in [6.45, 7) is 2.99. The molecule has 1 aliphatic carbocycles. The number of benzene rings is 2. The number of rotatable bonds is 6. The van der Waals surface area contributed by atoms with Crippen molar-refractivity contribution in [2.45, 2.75) is 32.2 Å². The van der Waals surface area contributed by atoms with Gasteiger partial charge in [-0.3, -0.25) is 0 Å². The minimum absolute atomic E-state index is 0.547. The van der Waals surface area contributed by atoms with Crippen LogP contribution < -0.4 is 14.8 Å². The Bertz CT molecular complexity index is 656. The van der Waals surface area contributed by atoms with E-state index < -0.39 is 0 Å². The molecule has 0 saturated carbocycles. The molecular formula is C20H25NO2. The van der Waals surface area contributed by atoms with Crippen molar-refractivity contribution in [3.8, 4) is 11.5 Å². The van der Waals surface area contributed by atoms with Gasteiger partial charge >= 0.3 is 0 Å². The fourth-order valence-electron chi connectivity index (χ4n) is 3.42. The lowest BCUT2D eigenvalue weighted by molar-refractivity contribution is 0.395. The van der Waals surface area contributed by atoms with Crippen molar-refractivity contribution >= 4 is 0 Å². The zero-order chi connectivity index (χ0) is 16.2. The van der Waals surface area contributed by atoms with Crippen LogP contribution in [0.3, 0.4) is 0 Å². The summed E-state index contributed by atoms with van der Waals surface area (Å²) in [5.74, 6) is 1.87. The first-order chi connectivity index (χ1) is 11.2. The van der Waals surface area contributed by atoms with Gasteiger partial charge in [-0.05, 0) is 67.1 Å². The molecule has 2 aromatic carbocycles. The van der Waals surface area contributed by atoms with Crippen LogP contribution >= 0.6 is 0 Å². The maximum atomic E-state index is 5.52. The molecule has 0 unspecified atom stereocenters. The fraction of sp³-hybridized carbons (Fsp3) is 0.400. The van der Waals surface area contributed by atoms with E-state index in [0.717, 1.165) is 42.9 Å². The van der Waals surface area contributed by atoms with Crippen LogP contribution in [0.15, 0.2) is 36.4 Å². The zero-order valence-corrected chi connectivity index (χ0v) is 14.2. The monoisotopic (exact) mass is 311 g/mol. The van der Waals surface area contributed by atoms with Crippen LogP contribution in [-0.4, -0.2) is 26.8 Å². The predicted molar refractivity (Wildman–Crippen MR) is 93.6 cm³/mol. The summed E-state index contributed by atoms with van der Waals surface area (Å²) in [7, 11) is 3.44. The van der Waals surface area contributed by atoms with Crippen molar-refractivity contribution in [2.75, 3.05) is 20.8 Å². The topological polar surface area (TPSA) is 30.5 Å². The summed E-state index contributed by atoms with van der Waals surface area (Å²) in [6.07, 6.45) is 3.20. The van der Waals surface area contributed by atoms with Gasteiger partial charge in [0.15, 0.2) is 0 Å². The third kappa shape index (κ3) is 3.50. The summed E-state index contributed by atoms with van der Waals surface area (Å²) in [4.78, 5) is 0. The fourth-order valence-corrected chi connectivity index (χ4v) is 3.42. The highest BCUT2D eigenvalue weighted by Crippen LogP contribution is 2.28. The Morgan fingerprint density at radius 1 is 1.00 bits per heavy atom. The number of ether oxygens (including phenoxy) is 2. The van der Waals surface area contributed by atoms with E-state index in [2.05, 4.69) is 41.7 Å². The summed E-state index contributed by atoms with van der Waals surface area (Å²) in [6, 6.07) is 13.4. The van der Waals surface area contributed by atoms with Crippen molar-refractivity contribution in [1.29, 1.82) is 0 Å². The molecule has 0 spiro atoms. The maximum absolute atomic E-state index is 5.52. The SMILES string of the molecule is COc1cc(CCNC2Cc3ccccc3C2)c(OC)cc1C. The van der Waals surface area contributed by atoms with E-state index in [1.54, 1.807) is 14.2 Å². The van der Waals surface area contributed by atoms with Gasteiger partial charge in [-0.25, -0.2) is 0 Å².